The zero-order valence-corrected chi connectivity index (χ0v) is 24.6. The lowest BCUT2D eigenvalue weighted by molar-refractivity contribution is -0.113. The van der Waals surface area contributed by atoms with Crippen LogP contribution in [0.5, 0.6) is 5.75 Å². The fraction of sp³-hybridized carbons (Fsp3) is 0.118. The smallest absolute Gasteiger partial charge is 0.335 e. The second kappa shape index (κ2) is 12.0. The van der Waals surface area contributed by atoms with Crippen molar-refractivity contribution in [3.63, 3.8) is 0 Å². The molecule has 1 aliphatic heterocycles. The van der Waals surface area contributed by atoms with Crippen LogP contribution in [0.15, 0.2) is 116 Å². The molecular weight excluding hydrogens is 578 g/mol. The summed E-state index contributed by atoms with van der Waals surface area (Å²) in [5.41, 5.74) is 2.64. The van der Waals surface area contributed by atoms with Crippen molar-refractivity contribution in [2.75, 3.05) is 11.9 Å². The average Bonchev–Trinajstić information content (AvgIpc) is 3.61. The summed E-state index contributed by atoms with van der Waals surface area (Å²) < 4.78 is 13.5. The van der Waals surface area contributed by atoms with E-state index in [0.29, 0.717) is 55.7 Å². The number of amides is 1. The Hall–Kier alpha value is -5.48. The second-order valence-corrected chi connectivity index (χ2v) is 11.0. The molecule has 3 heterocycles. The van der Waals surface area contributed by atoms with Crippen molar-refractivity contribution >= 4 is 35.0 Å². The number of carboxylic acid groups (broad SMARTS) is 1. The highest BCUT2D eigenvalue weighted by Crippen LogP contribution is 2.32. The maximum atomic E-state index is 14.0. The molecule has 2 aromatic heterocycles. The van der Waals surface area contributed by atoms with Gasteiger partial charge in [-0.05, 0) is 67.9 Å². The molecule has 6 rings (SSSR count). The summed E-state index contributed by atoms with van der Waals surface area (Å²) >= 11 is 1.20. The van der Waals surface area contributed by atoms with Gasteiger partial charge in [0.15, 0.2) is 4.80 Å². The van der Waals surface area contributed by atoms with Gasteiger partial charge in [0.1, 0.15) is 17.3 Å². The number of hydrogen-bond donors (Lipinski definition) is 2. The number of furan rings is 1. The van der Waals surface area contributed by atoms with E-state index in [1.54, 1.807) is 54.0 Å². The number of carbonyl (C=O) groups is 2. The molecule has 1 atom stereocenters. The number of thiazole rings is 1. The number of aromatic carboxylic acids is 1. The van der Waals surface area contributed by atoms with E-state index >= 15 is 0 Å². The van der Waals surface area contributed by atoms with Crippen LogP contribution in [0.25, 0.3) is 17.4 Å². The van der Waals surface area contributed by atoms with E-state index < -0.39 is 12.0 Å². The van der Waals surface area contributed by atoms with Gasteiger partial charge in [-0.25, -0.2) is 9.79 Å². The van der Waals surface area contributed by atoms with Crippen LogP contribution in [-0.2, 0) is 4.79 Å². The first-order valence-corrected chi connectivity index (χ1v) is 14.7. The van der Waals surface area contributed by atoms with Gasteiger partial charge in [-0.3, -0.25) is 14.2 Å². The fourth-order valence-electron chi connectivity index (χ4n) is 5.08. The monoisotopic (exact) mass is 605 g/mol. The van der Waals surface area contributed by atoms with Crippen LogP contribution in [-0.4, -0.2) is 28.2 Å². The molecule has 0 spiro atoms. The SMILES string of the molecule is CCOc1ccc([C@@H]2C(C(=O)Nc3ccccc3)=C(C)N=c3s/c(=C\c4ccc(-c5cccc(C(=O)O)c5)o4)c(=O)n32)cc1. The summed E-state index contributed by atoms with van der Waals surface area (Å²) in [6, 6.07) is 25.6. The highest BCUT2D eigenvalue weighted by atomic mass is 32.1. The molecule has 0 radical (unpaired) electrons. The number of aromatic nitrogens is 1. The van der Waals surface area contributed by atoms with Gasteiger partial charge in [0.25, 0.3) is 11.5 Å². The molecule has 44 heavy (non-hydrogen) atoms. The molecule has 220 valence electrons. The van der Waals surface area contributed by atoms with Crippen molar-refractivity contribution in [2.45, 2.75) is 19.9 Å². The normalized spacial score (nSPS) is 14.6. The summed E-state index contributed by atoms with van der Waals surface area (Å²) in [6.45, 7) is 4.18. The van der Waals surface area contributed by atoms with Gasteiger partial charge < -0.3 is 19.6 Å². The number of fused-ring (bicyclic) bond motifs is 1. The van der Waals surface area contributed by atoms with Gasteiger partial charge in [-0.15, -0.1) is 0 Å². The third-order valence-corrected chi connectivity index (χ3v) is 8.08. The minimum absolute atomic E-state index is 0.144. The number of nitrogens with zero attached hydrogens (tertiary/aromatic N) is 2. The first-order chi connectivity index (χ1) is 21.3. The molecule has 0 saturated carbocycles. The topological polar surface area (TPSA) is 123 Å². The molecule has 3 aromatic carbocycles. The number of benzene rings is 3. The largest absolute Gasteiger partial charge is 0.494 e. The Kier molecular flexibility index (Phi) is 7.82. The fourth-order valence-corrected chi connectivity index (χ4v) is 6.11. The third-order valence-electron chi connectivity index (χ3n) is 7.10. The van der Waals surface area contributed by atoms with Crippen molar-refractivity contribution < 1.29 is 23.8 Å². The van der Waals surface area contributed by atoms with Crippen LogP contribution in [0, 0.1) is 0 Å². The number of rotatable bonds is 8. The van der Waals surface area contributed by atoms with Crippen LogP contribution in [0.1, 0.15) is 41.6 Å². The van der Waals surface area contributed by atoms with Crippen molar-refractivity contribution in [1.29, 1.82) is 0 Å². The lowest BCUT2D eigenvalue weighted by Crippen LogP contribution is -2.40. The van der Waals surface area contributed by atoms with Crippen molar-refractivity contribution in [3.8, 4) is 17.1 Å². The number of nitrogens with one attached hydrogen (secondary N) is 1. The van der Waals surface area contributed by atoms with Crippen LogP contribution in [0.2, 0.25) is 0 Å². The molecule has 0 bridgehead atoms. The maximum absolute atomic E-state index is 14.0. The number of carboxylic acids is 1. The molecular formula is C34H27N3O6S. The Morgan fingerprint density at radius 2 is 1.82 bits per heavy atom. The minimum Gasteiger partial charge on any atom is -0.494 e. The van der Waals surface area contributed by atoms with Gasteiger partial charge in [0.2, 0.25) is 0 Å². The van der Waals surface area contributed by atoms with Gasteiger partial charge in [-0.2, -0.15) is 0 Å². The standard InChI is InChI=1S/C34H27N3O6S/c1-3-42-25-14-12-21(13-15-25)30-29(31(38)36-24-10-5-4-6-11-24)20(2)35-34-37(30)32(39)28(44-34)19-26-16-17-27(43-26)22-8-7-9-23(18-22)33(40)41/h4-19,30H,3H2,1-2H3,(H,36,38)(H,40,41)/b28-19-/t30-/m1/s1. The summed E-state index contributed by atoms with van der Waals surface area (Å²) in [7, 11) is 0. The molecule has 5 aromatic rings. The molecule has 0 aliphatic carbocycles. The molecule has 0 unspecified atom stereocenters. The number of allylic oxidation sites excluding steroid dienone is 1. The van der Waals surface area contributed by atoms with Gasteiger partial charge in [0.05, 0.1) is 34.0 Å². The predicted molar refractivity (Wildman–Crippen MR) is 168 cm³/mol. The molecule has 1 amide bonds. The van der Waals surface area contributed by atoms with Gasteiger partial charge >= 0.3 is 5.97 Å². The van der Waals surface area contributed by atoms with Crippen LogP contribution >= 0.6 is 11.3 Å². The highest BCUT2D eigenvalue weighted by molar-refractivity contribution is 7.07. The van der Waals surface area contributed by atoms with Gasteiger partial charge in [0, 0.05) is 17.3 Å². The Balaban J connectivity index is 1.43. The summed E-state index contributed by atoms with van der Waals surface area (Å²) in [6.07, 6.45) is 1.63. The Bertz CT molecular complexity index is 2090. The average molecular weight is 606 g/mol. The van der Waals surface area contributed by atoms with Crippen molar-refractivity contribution in [2.24, 2.45) is 4.99 Å². The zero-order chi connectivity index (χ0) is 30.8. The molecule has 0 saturated heterocycles. The van der Waals surface area contributed by atoms with Crippen LogP contribution in [0.3, 0.4) is 0 Å². The van der Waals surface area contributed by atoms with Crippen molar-refractivity contribution in [1.82, 2.24) is 4.57 Å². The number of carbonyl (C=O) groups excluding carboxylic acids is 1. The van der Waals surface area contributed by atoms with E-state index in [1.165, 1.54) is 23.5 Å². The summed E-state index contributed by atoms with van der Waals surface area (Å²) in [4.78, 5) is 44.3. The van der Waals surface area contributed by atoms with Crippen LogP contribution < -0.4 is 24.9 Å². The van der Waals surface area contributed by atoms with Crippen LogP contribution in [0.4, 0.5) is 5.69 Å². The molecule has 10 heteroatoms. The van der Waals surface area contributed by atoms with E-state index in [-0.39, 0.29) is 17.0 Å². The first-order valence-electron chi connectivity index (χ1n) is 13.9. The summed E-state index contributed by atoms with van der Waals surface area (Å²) in [5, 5.41) is 12.3. The Morgan fingerprint density at radius 3 is 2.55 bits per heavy atom. The first kappa shape index (κ1) is 28.6. The van der Waals surface area contributed by atoms with E-state index in [9.17, 15) is 19.5 Å². The zero-order valence-electron chi connectivity index (χ0n) is 23.8. The number of ether oxygens (including phenoxy) is 1. The Labute approximate surface area is 255 Å². The molecule has 0 fully saturated rings. The maximum Gasteiger partial charge on any atom is 0.335 e. The number of hydrogen-bond acceptors (Lipinski definition) is 7. The quantitative estimate of drug-likeness (QED) is 0.250. The lowest BCUT2D eigenvalue weighted by atomic mass is 9.95. The van der Waals surface area contributed by atoms with E-state index in [1.807, 2.05) is 49.4 Å². The van der Waals surface area contributed by atoms with E-state index in [4.69, 9.17) is 9.15 Å². The molecule has 9 nitrogen and oxygen atoms in total. The Morgan fingerprint density at radius 1 is 1.05 bits per heavy atom. The predicted octanol–water partition coefficient (Wildman–Crippen LogP) is 5.23. The lowest BCUT2D eigenvalue weighted by Gasteiger charge is -2.25. The minimum atomic E-state index is -1.03. The van der Waals surface area contributed by atoms with E-state index in [2.05, 4.69) is 10.3 Å². The number of para-hydroxylation sites is 1. The summed E-state index contributed by atoms with van der Waals surface area (Å²) in [5.74, 6) is 0.178. The highest BCUT2D eigenvalue weighted by Gasteiger charge is 2.32. The van der Waals surface area contributed by atoms with Crippen molar-refractivity contribution in [3.05, 3.63) is 139 Å². The molecule has 1 aliphatic rings. The molecule has 2 N–H and O–H groups in total. The second-order valence-electron chi connectivity index (χ2n) is 9.99. The third kappa shape index (κ3) is 5.62. The number of anilines is 1. The van der Waals surface area contributed by atoms with Gasteiger partial charge in [-0.1, -0.05) is 53.8 Å². The van der Waals surface area contributed by atoms with E-state index in [0.717, 1.165) is 5.56 Å².